The van der Waals surface area contributed by atoms with Gasteiger partial charge in [0.15, 0.2) is 0 Å². The van der Waals surface area contributed by atoms with Crippen molar-refractivity contribution in [3.63, 3.8) is 0 Å². The fourth-order valence-corrected chi connectivity index (χ4v) is 4.08. The number of fused-ring (bicyclic) bond motifs is 1. The van der Waals surface area contributed by atoms with Crippen LogP contribution < -0.4 is 21.7 Å². The Bertz CT molecular complexity index is 543. The molecule has 1 heterocycles. The summed E-state index contributed by atoms with van der Waals surface area (Å²) in [6.45, 7) is 0. The number of benzene rings is 1. The second kappa shape index (κ2) is 5.65. The molecule has 1 aliphatic heterocycles. The molecule has 1 amide bonds. The topological polar surface area (TPSA) is 65.2 Å². The van der Waals surface area contributed by atoms with Gasteiger partial charge in [0.25, 0.3) is 0 Å². The van der Waals surface area contributed by atoms with Gasteiger partial charge in [-0.25, -0.2) is 10.9 Å². The van der Waals surface area contributed by atoms with Crippen LogP contribution in [0.4, 0.5) is 0 Å². The molecule has 0 spiro atoms. The maximum Gasteiger partial charge on any atom is 0.223 e. The minimum Gasteiger partial charge on any atom is -0.346 e. The number of carbonyl (C=O) groups is 1. The van der Waals surface area contributed by atoms with Crippen molar-refractivity contribution in [1.82, 2.24) is 21.7 Å². The first-order valence-electron chi connectivity index (χ1n) is 8.40. The Labute approximate surface area is 131 Å². The van der Waals surface area contributed by atoms with E-state index >= 15 is 0 Å². The summed E-state index contributed by atoms with van der Waals surface area (Å²) in [7, 11) is 0. The van der Waals surface area contributed by atoms with E-state index in [9.17, 15) is 4.79 Å². The Balaban J connectivity index is 1.45. The van der Waals surface area contributed by atoms with E-state index < -0.39 is 0 Å². The van der Waals surface area contributed by atoms with Gasteiger partial charge in [0.2, 0.25) is 5.91 Å². The van der Waals surface area contributed by atoms with Crippen LogP contribution in [-0.4, -0.2) is 18.0 Å². The number of carbonyl (C=O) groups excluding carboxylic acids is 1. The zero-order chi connectivity index (χ0) is 15.0. The number of nitrogens with one attached hydrogen (secondary N) is 4. The van der Waals surface area contributed by atoms with Gasteiger partial charge in [0.1, 0.15) is 0 Å². The third kappa shape index (κ3) is 2.43. The van der Waals surface area contributed by atoms with E-state index in [2.05, 4.69) is 46.0 Å². The number of hydrogen-bond donors (Lipinski definition) is 4. The van der Waals surface area contributed by atoms with Crippen molar-refractivity contribution in [3.8, 4) is 0 Å². The van der Waals surface area contributed by atoms with Crippen molar-refractivity contribution in [2.75, 3.05) is 0 Å². The van der Waals surface area contributed by atoms with Gasteiger partial charge in [0.05, 0.1) is 5.54 Å². The van der Waals surface area contributed by atoms with Crippen LogP contribution in [0.3, 0.4) is 0 Å². The number of amides is 1. The van der Waals surface area contributed by atoms with E-state index in [0.29, 0.717) is 12.1 Å². The predicted octanol–water partition coefficient (Wildman–Crippen LogP) is 1.33. The van der Waals surface area contributed by atoms with Crippen LogP contribution in [0, 0.1) is 5.92 Å². The van der Waals surface area contributed by atoms with Crippen molar-refractivity contribution in [1.29, 1.82) is 0 Å². The van der Waals surface area contributed by atoms with Crippen molar-refractivity contribution in [3.05, 3.63) is 35.9 Å². The van der Waals surface area contributed by atoms with Crippen LogP contribution in [0.5, 0.6) is 0 Å². The molecule has 22 heavy (non-hydrogen) atoms. The average molecular weight is 300 g/mol. The fourth-order valence-electron chi connectivity index (χ4n) is 4.08. The Morgan fingerprint density at radius 3 is 2.59 bits per heavy atom. The maximum absolute atomic E-state index is 12.8. The van der Waals surface area contributed by atoms with Gasteiger partial charge in [0, 0.05) is 18.0 Å². The fraction of sp³-hybridized carbons (Fsp3) is 0.588. The monoisotopic (exact) mass is 300 g/mol. The first-order chi connectivity index (χ1) is 10.8. The Morgan fingerprint density at radius 2 is 1.86 bits per heavy atom. The van der Waals surface area contributed by atoms with Crippen molar-refractivity contribution in [2.24, 2.45) is 5.92 Å². The number of hydrogen-bond acceptors (Lipinski definition) is 4. The second-order valence-electron chi connectivity index (χ2n) is 6.93. The molecule has 3 aliphatic rings. The number of rotatable bonds is 3. The molecule has 1 saturated heterocycles. The van der Waals surface area contributed by atoms with Gasteiger partial charge in [-0.3, -0.25) is 4.79 Å². The lowest BCUT2D eigenvalue weighted by atomic mass is 9.71. The Kier molecular flexibility index (Phi) is 3.64. The van der Waals surface area contributed by atoms with Crippen LogP contribution in [0.15, 0.2) is 30.3 Å². The highest BCUT2D eigenvalue weighted by atomic mass is 16.2. The summed E-state index contributed by atoms with van der Waals surface area (Å²) in [5, 5.41) is 3.39. The summed E-state index contributed by atoms with van der Waals surface area (Å²) in [6, 6.07) is 11.3. The lowest BCUT2D eigenvalue weighted by molar-refractivity contribution is -0.129. The molecule has 4 rings (SSSR count). The SMILES string of the molecule is O=C(NC1(c2ccccc2)CCC1)C1CCC2NNNC2C1. The molecule has 0 bridgehead atoms. The van der Waals surface area contributed by atoms with Crippen LogP contribution in [0.1, 0.15) is 44.1 Å². The summed E-state index contributed by atoms with van der Waals surface area (Å²) < 4.78 is 0. The maximum atomic E-state index is 12.8. The summed E-state index contributed by atoms with van der Waals surface area (Å²) in [6.07, 6.45) is 6.22. The average Bonchev–Trinajstić information content (AvgIpc) is 2.99. The quantitative estimate of drug-likeness (QED) is 0.680. The molecule has 0 radical (unpaired) electrons. The lowest BCUT2D eigenvalue weighted by Gasteiger charge is -2.44. The second-order valence-corrected chi connectivity index (χ2v) is 6.93. The zero-order valence-electron chi connectivity index (χ0n) is 12.8. The van der Waals surface area contributed by atoms with Gasteiger partial charge in [-0.05, 0) is 44.1 Å². The predicted molar refractivity (Wildman–Crippen MR) is 84.4 cm³/mol. The molecule has 3 fully saturated rings. The van der Waals surface area contributed by atoms with Crippen LogP contribution in [0.25, 0.3) is 0 Å². The molecule has 0 aromatic heterocycles. The smallest absolute Gasteiger partial charge is 0.223 e. The van der Waals surface area contributed by atoms with Gasteiger partial charge >= 0.3 is 0 Å². The minimum atomic E-state index is -0.116. The largest absolute Gasteiger partial charge is 0.346 e. The molecule has 2 aliphatic carbocycles. The van der Waals surface area contributed by atoms with Crippen molar-refractivity contribution >= 4 is 5.91 Å². The van der Waals surface area contributed by atoms with E-state index in [0.717, 1.165) is 32.1 Å². The third-order valence-electron chi connectivity index (χ3n) is 5.63. The van der Waals surface area contributed by atoms with Gasteiger partial charge in [-0.15, -0.1) is 0 Å². The minimum absolute atomic E-state index is 0.116. The van der Waals surface area contributed by atoms with E-state index in [1.54, 1.807) is 0 Å². The van der Waals surface area contributed by atoms with Gasteiger partial charge in [-0.2, -0.15) is 5.53 Å². The van der Waals surface area contributed by atoms with E-state index in [1.165, 1.54) is 12.0 Å². The van der Waals surface area contributed by atoms with Crippen LogP contribution in [0.2, 0.25) is 0 Å². The summed E-state index contributed by atoms with van der Waals surface area (Å²) in [5.74, 6) is 0.354. The molecule has 1 aromatic carbocycles. The summed E-state index contributed by atoms with van der Waals surface area (Å²) in [5.41, 5.74) is 10.6. The van der Waals surface area contributed by atoms with Crippen LogP contribution >= 0.6 is 0 Å². The van der Waals surface area contributed by atoms with E-state index in [-0.39, 0.29) is 17.4 Å². The molecule has 5 heteroatoms. The number of hydrazine groups is 2. The molecule has 2 saturated carbocycles. The van der Waals surface area contributed by atoms with Crippen molar-refractivity contribution in [2.45, 2.75) is 56.1 Å². The molecular weight excluding hydrogens is 276 g/mol. The Morgan fingerprint density at radius 1 is 1.09 bits per heavy atom. The van der Waals surface area contributed by atoms with E-state index in [1.807, 2.05) is 6.07 Å². The van der Waals surface area contributed by atoms with Crippen molar-refractivity contribution < 1.29 is 4.79 Å². The van der Waals surface area contributed by atoms with Crippen LogP contribution in [-0.2, 0) is 10.3 Å². The lowest BCUT2D eigenvalue weighted by Crippen LogP contribution is -2.54. The molecule has 4 N–H and O–H groups in total. The summed E-state index contributed by atoms with van der Waals surface area (Å²) in [4.78, 5) is 12.8. The zero-order valence-corrected chi connectivity index (χ0v) is 12.8. The normalized spacial score (nSPS) is 32.8. The standard InChI is InChI=1S/C17H24N4O/c22-16(12-7-8-14-15(11-12)20-21-19-14)18-17(9-4-10-17)13-5-2-1-3-6-13/h1-3,5-6,12,14-15,19-21H,4,7-11H2,(H,18,22). The molecule has 3 unspecified atom stereocenters. The first-order valence-corrected chi connectivity index (χ1v) is 8.40. The molecule has 5 nitrogen and oxygen atoms in total. The Hall–Kier alpha value is -1.43. The molecule has 3 atom stereocenters. The van der Waals surface area contributed by atoms with Gasteiger partial charge in [-0.1, -0.05) is 30.3 Å². The third-order valence-corrected chi connectivity index (χ3v) is 5.63. The summed E-state index contributed by atoms with van der Waals surface area (Å²) >= 11 is 0. The molecular formula is C17H24N4O. The highest BCUT2D eigenvalue weighted by molar-refractivity contribution is 5.80. The highest BCUT2D eigenvalue weighted by Gasteiger charge is 2.43. The molecule has 1 aromatic rings. The van der Waals surface area contributed by atoms with E-state index in [4.69, 9.17) is 0 Å². The highest BCUT2D eigenvalue weighted by Crippen LogP contribution is 2.41. The first kappa shape index (κ1) is 14.2. The molecule has 118 valence electrons. The van der Waals surface area contributed by atoms with Gasteiger partial charge < -0.3 is 5.32 Å².